The molecule has 1 aromatic heterocycles. The van der Waals surface area contributed by atoms with Crippen molar-refractivity contribution < 1.29 is 23.5 Å². The molecule has 8 nitrogen and oxygen atoms in total. The van der Waals surface area contributed by atoms with Crippen LogP contribution in [-0.2, 0) is 17.8 Å². The van der Waals surface area contributed by atoms with Crippen molar-refractivity contribution in [1.82, 2.24) is 20.2 Å². The first-order chi connectivity index (χ1) is 17.9. The molecule has 2 aliphatic rings. The number of carbonyl (C=O) groups is 2. The van der Waals surface area contributed by atoms with Crippen LogP contribution in [0.15, 0.2) is 42.5 Å². The summed E-state index contributed by atoms with van der Waals surface area (Å²) in [6.07, 6.45) is 3.76. The number of hydrogen-bond acceptors (Lipinski definition) is 6. The SMILES string of the molecule is O=C1NCc2nc(-c3c(F)cccc3F)nc(Nc3ccc(CC(=O)N4CCCC[C@H]4CCO)cc3)c21. The Balaban J connectivity index is 1.37. The Bertz CT molecular complexity index is 1310. The number of nitrogens with one attached hydrogen (secondary N) is 2. The van der Waals surface area contributed by atoms with E-state index >= 15 is 0 Å². The summed E-state index contributed by atoms with van der Waals surface area (Å²) in [6.45, 7) is 0.892. The number of amides is 2. The Morgan fingerprint density at radius 2 is 1.84 bits per heavy atom. The molecule has 192 valence electrons. The maximum Gasteiger partial charge on any atom is 0.257 e. The molecule has 5 rings (SSSR count). The lowest BCUT2D eigenvalue weighted by Crippen LogP contribution is -2.44. The predicted molar refractivity (Wildman–Crippen MR) is 133 cm³/mol. The van der Waals surface area contributed by atoms with Gasteiger partial charge >= 0.3 is 0 Å². The highest BCUT2D eigenvalue weighted by atomic mass is 19.1. The van der Waals surface area contributed by atoms with Crippen LogP contribution in [0.2, 0.25) is 0 Å². The summed E-state index contributed by atoms with van der Waals surface area (Å²) >= 11 is 0. The van der Waals surface area contributed by atoms with E-state index in [0.29, 0.717) is 24.3 Å². The number of rotatable bonds is 7. The fourth-order valence-corrected chi connectivity index (χ4v) is 4.94. The molecule has 1 saturated heterocycles. The molecule has 0 spiro atoms. The molecular formula is C27H27F2N5O3. The zero-order valence-corrected chi connectivity index (χ0v) is 20.1. The van der Waals surface area contributed by atoms with Gasteiger partial charge in [0.15, 0.2) is 5.82 Å². The Morgan fingerprint density at radius 1 is 1.08 bits per heavy atom. The van der Waals surface area contributed by atoms with E-state index in [9.17, 15) is 23.5 Å². The number of likely N-dealkylation sites (tertiary alicyclic amines) is 1. The van der Waals surface area contributed by atoms with E-state index in [0.717, 1.165) is 37.0 Å². The second-order valence-electron chi connectivity index (χ2n) is 9.24. The highest BCUT2D eigenvalue weighted by Gasteiger charge is 2.29. The number of nitrogens with zero attached hydrogens (tertiary/aromatic N) is 3. The van der Waals surface area contributed by atoms with E-state index in [1.807, 2.05) is 17.0 Å². The molecule has 0 bridgehead atoms. The normalized spacial score (nSPS) is 16.9. The van der Waals surface area contributed by atoms with E-state index < -0.39 is 11.6 Å². The van der Waals surface area contributed by atoms with Gasteiger partial charge in [-0.25, -0.2) is 18.7 Å². The number of fused-ring (bicyclic) bond motifs is 1. The quantitative estimate of drug-likeness (QED) is 0.450. The number of hydrogen-bond donors (Lipinski definition) is 3. The molecule has 0 saturated carbocycles. The molecule has 2 aliphatic heterocycles. The molecule has 2 aromatic carbocycles. The Kier molecular flexibility index (Phi) is 7.09. The number of benzene rings is 2. The van der Waals surface area contributed by atoms with Gasteiger partial charge in [0.05, 0.1) is 24.2 Å². The van der Waals surface area contributed by atoms with Crippen LogP contribution in [0.5, 0.6) is 0 Å². The van der Waals surface area contributed by atoms with Gasteiger partial charge in [0.1, 0.15) is 23.0 Å². The highest BCUT2D eigenvalue weighted by molar-refractivity contribution is 6.03. The summed E-state index contributed by atoms with van der Waals surface area (Å²) in [5.74, 6) is -1.96. The Hall–Kier alpha value is -3.92. The summed E-state index contributed by atoms with van der Waals surface area (Å²) in [5.41, 5.74) is 1.62. The number of aliphatic hydroxyl groups is 1. The summed E-state index contributed by atoms with van der Waals surface area (Å²) < 4.78 is 28.8. The molecule has 3 N–H and O–H groups in total. The van der Waals surface area contributed by atoms with Gasteiger partial charge in [0.25, 0.3) is 5.91 Å². The van der Waals surface area contributed by atoms with Crippen LogP contribution in [0, 0.1) is 11.6 Å². The number of halogens is 2. The van der Waals surface area contributed by atoms with Crippen molar-refractivity contribution in [2.75, 3.05) is 18.5 Å². The number of piperidine rings is 1. The average Bonchev–Trinajstić information content (AvgIpc) is 3.26. The molecule has 0 radical (unpaired) electrons. The molecule has 3 heterocycles. The molecule has 0 unspecified atom stereocenters. The van der Waals surface area contributed by atoms with Crippen LogP contribution in [-0.4, -0.2) is 51.0 Å². The van der Waals surface area contributed by atoms with Crippen molar-refractivity contribution in [1.29, 1.82) is 0 Å². The van der Waals surface area contributed by atoms with Gasteiger partial charge in [0.2, 0.25) is 5.91 Å². The fourth-order valence-electron chi connectivity index (χ4n) is 4.94. The van der Waals surface area contributed by atoms with Crippen LogP contribution >= 0.6 is 0 Å². The standard InChI is InChI=1S/C27H27F2N5O3/c28-19-5-3-6-20(29)23(19)25-32-21-15-30-27(37)24(21)26(33-25)31-17-9-7-16(8-10-17)14-22(36)34-12-2-1-4-18(34)11-13-35/h3,5-10,18,35H,1-2,4,11-15H2,(H,30,37)(H,31,32,33)/t18-/m0/s1. The molecule has 10 heteroatoms. The van der Waals surface area contributed by atoms with E-state index in [1.165, 1.54) is 6.07 Å². The number of aliphatic hydroxyl groups excluding tert-OH is 1. The first-order valence-electron chi connectivity index (χ1n) is 12.3. The van der Waals surface area contributed by atoms with Gasteiger partial charge < -0.3 is 20.6 Å². The first-order valence-corrected chi connectivity index (χ1v) is 12.3. The van der Waals surface area contributed by atoms with Gasteiger partial charge in [0, 0.05) is 24.9 Å². The second-order valence-corrected chi connectivity index (χ2v) is 9.24. The summed E-state index contributed by atoms with van der Waals surface area (Å²) in [7, 11) is 0. The minimum absolute atomic E-state index is 0.0284. The lowest BCUT2D eigenvalue weighted by atomic mass is 9.98. The molecule has 37 heavy (non-hydrogen) atoms. The average molecular weight is 508 g/mol. The maximum atomic E-state index is 14.4. The third-order valence-electron chi connectivity index (χ3n) is 6.80. The number of anilines is 2. The van der Waals surface area contributed by atoms with Crippen LogP contribution in [0.3, 0.4) is 0 Å². The lowest BCUT2D eigenvalue weighted by Gasteiger charge is -2.35. The van der Waals surface area contributed by atoms with E-state index in [4.69, 9.17) is 0 Å². The molecular weight excluding hydrogens is 480 g/mol. The van der Waals surface area contributed by atoms with Crippen molar-refractivity contribution >= 4 is 23.3 Å². The van der Waals surface area contributed by atoms with Crippen LogP contribution in [0.4, 0.5) is 20.3 Å². The Morgan fingerprint density at radius 3 is 2.57 bits per heavy atom. The smallest absolute Gasteiger partial charge is 0.257 e. The molecule has 2 amide bonds. The predicted octanol–water partition coefficient (Wildman–Crippen LogP) is 3.71. The number of aromatic nitrogens is 2. The molecule has 1 atom stereocenters. The van der Waals surface area contributed by atoms with Crippen LogP contribution in [0.25, 0.3) is 11.4 Å². The molecule has 3 aromatic rings. The van der Waals surface area contributed by atoms with E-state index in [-0.39, 0.29) is 60.2 Å². The Labute approximate surface area is 212 Å². The highest BCUT2D eigenvalue weighted by Crippen LogP contribution is 2.30. The summed E-state index contributed by atoms with van der Waals surface area (Å²) in [6, 6.07) is 10.7. The van der Waals surface area contributed by atoms with Crippen molar-refractivity contribution in [3.63, 3.8) is 0 Å². The fraction of sp³-hybridized carbons (Fsp3) is 0.333. The van der Waals surface area contributed by atoms with Crippen molar-refractivity contribution in [3.05, 3.63) is 70.9 Å². The van der Waals surface area contributed by atoms with Gasteiger partial charge in [-0.1, -0.05) is 18.2 Å². The van der Waals surface area contributed by atoms with Crippen molar-refractivity contribution in [2.24, 2.45) is 0 Å². The van der Waals surface area contributed by atoms with Gasteiger partial charge in [-0.05, 0) is 55.5 Å². The summed E-state index contributed by atoms with van der Waals surface area (Å²) in [5, 5.41) is 15.1. The van der Waals surface area contributed by atoms with Crippen molar-refractivity contribution in [3.8, 4) is 11.4 Å². The van der Waals surface area contributed by atoms with Gasteiger partial charge in [-0.3, -0.25) is 9.59 Å². The van der Waals surface area contributed by atoms with Crippen LogP contribution in [0.1, 0.15) is 47.3 Å². The van der Waals surface area contributed by atoms with Crippen LogP contribution < -0.4 is 10.6 Å². The minimum atomic E-state index is -0.799. The topological polar surface area (TPSA) is 107 Å². The minimum Gasteiger partial charge on any atom is -0.396 e. The monoisotopic (exact) mass is 507 g/mol. The summed E-state index contributed by atoms with van der Waals surface area (Å²) in [4.78, 5) is 35.8. The zero-order chi connectivity index (χ0) is 25.9. The molecule has 0 aliphatic carbocycles. The van der Waals surface area contributed by atoms with E-state index in [2.05, 4.69) is 20.6 Å². The second kappa shape index (κ2) is 10.6. The third-order valence-corrected chi connectivity index (χ3v) is 6.80. The van der Waals surface area contributed by atoms with Gasteiger partial charge in [-0.2, -0.15) is 0 Å². The first kappa shape index (κ1) is 24.8. The van der Waals surface area contributed by atoms with E-state index in [1.54, 1.807) is 12.1 Å². The zero-order valence-electron chi connectivity index (χ0n) is 20.1. The molecule has 1 fully saturated rings. The third kappa shape index (κ3) is 5.15. The number of carbonyl (C=O) groups excluding carboxylic acids is 2. The largest absolute Gasteiger partial charge is 0.396 e. The van der Waals surface area contributed by atoms with Crippen molar-refractivity contribution in [2.45, 2.75) is 44.7 Å². The lowest BCUT2D eigenvalue weighted by molar-refractivity contribution is -0.134. The maximum absolute atomic E-state index is 14.4. The van der Waals surface area contributed by atoms with Gasteiger partial charge in [-0.15, -0.1) is 0 Å².